The molecule has 2 aliphatic rings. The van der Waals surface area contributed by atoms with Gasteiger partial charge in [0.05, 0.1) is 11.9 Å². The predicted molar refractivity (Wildman–Crippen MR) is 61.6 cm³/mol. The highest BCUT2D eigenvalue weighted by atomic mass is 15.0. The van der Waals surface area contributed by atoms with Crippen molar-refractivity contribution in [2.24, 2.45) is 5.41 Å². The normalized spacial score (nSPS) is 23.2. The van der Waals surface area contributed by atoms with E-state index < -0.39 is 0 Å². The third-order valence-electron chi connectivity index (χ3n) is 3.93. The Balaban J connectivity index is 1.56. The number of hydrogen-bond acceptors (Lipinski definition) is 3. The van der Waals surface area contributed by atoms with Gasteiger partial charge in [-0.25, -0.2) is 4.98 Å². The van der Waals surface area contributed by atoms with E-state index in [1.807, 2.05) is 18.3 Å². The van der Waals surface area contributed by atoms with Crippen LogP contribution in [0.1, 0.15) is 32.1 Å². The van der Waals surface area contributed by atoms with Gasteiger partial charge in [-0.1, -0.05) is 6.42 Å². The summed E-state index contributed by atoms with van der Waals surface area (Å²) >= 11 is 0. The highest BCUT2D eigenvalue weighted by molar-refractivity contribution is 5.46. The molecule has 0 aliphatic heterocycles. The molecule has 0 unspecified atom stereocenters. The van der Waals surface area contributed by atoms with Gasteiger partial charge in [0.25, 0.3) is 0 Å². The summed E-state index contributed by atoms with van der Waals surface area (Å²) in [4.78, 5) is 4.08. The van der Waals surface area contributed by atoms with Crippen molar-refractivity contribution >= 4 is 11.5 Å². The lowest BCUT2D eigenvalue weighted by molar-refractivity contribution is 0.0192. The molecule has 80 valence electrons. The molecule has 0 radical (unpaired) electrons. The number of rotatable bonds is 2. The van der Waals surface area contributed by atoms with E-state index in [1.54, 1.807) is 0 Å². The summed E-state index contributed by atoms with van der Waals surface area (Å²) in [6.07, 6.45) is 8.85. The van der Waals surface area contributed by atoms with E-state index in [9.17, 15) is 0 Å². The van der Waals surface area contributed by atoms with Gasteiger partial charge in [0.2, 0.25) is 0 Å². The lowest BCUT2D eigenvalue weighted by Gasteiger charge is -2.54. The fourth-order valence-corrected chi connectivity index (χ4v) is 2.90. The predicted octanol–water partition coefficient (Wildman–Crippen LogP) is 2.41. The Morgan fingerprint density at radius 3 is 2.67 bits per heavy atom. The van der Waals surface area contributed by atoms with Gasteiger partial charge in [0.15, 0.2) is 0 Å². The average molecular weight is 203 g/mol. The third-order valence-corrected chi connectivity index (χ3v) is 3.93. The fourth-order valence-electron chi connectivity index (χ4n) is 2.90. The molecule has 3 rings (SSSR count). The van der Waals surface area contributed by atoms with Crippen molar-refractivity contribution in [2.45, 2.75) is 38.1 Å². The molecule has 1 heterocycles. The topological polar surface area (TPSA) is 50.9 Å². The molecule has 3 nitrogen and oxygen atoms in total. The second-order valence-corrected chi connectivity index (χ2v) is 5.07. The van der Waals surface area contributed by atoms with Crippen LogP contribution in [0.25, 0.3) is 0 Å². The van der Waals surface area contributed by atoms with E-state index in [-0.39, 0.29) is 0 Å². The molecule has 1 aromatic rings. The largest absolute Gasteiger partial charge is 0.384 e. The Morgan fingerprint density at radius 2 is 2.13 bits per heavy atom. The number of nitrogens with zero attached hydrogens (tertiary/aromatic N) is 1. The van der Waals surface area contributed by atoms with Gasteiger partial charge in [0.1, 0.15) is 5.82 Å². The number of nitrogens with one attached hydrogen (secondary N) is 1. The quantitative estimate of drug-likeness (QED) is 0.776. The molecule has 2 aliphatic carbocycles. The number of pyridine rings is 1. The minimum absolute atomic E-state index is 0.588. The molecule has 0 amide bonds. The summed E-state index contributed by atoms with van der Waals surface area (Å²) in [5.41, 5.74) is 7.37. The van der Waals surface area contributed by atoms with Gasteiger partial charge in [-0.15, -0.1) is 0 Å². The van der Waals surface area contributed by atoms with Crippen molar-refractivity contribution in [3.63, 3.8) is 0 Å². The second kappa shape index (κ2) is 3.12. The van der Waals surface area contributed by atoms with Crippen LogP contribution in [0.4, 0.5) is 11.5 Å². The maximum Gasteiger partial charge on any atom is 0.123 e. The molecular formula is C12H17N3. The lowest BCUT2D eigenvalue weighted by Crippen LogP contribution is -2.49. The van der Waals surface area contributed by atoms with E-state index in [4.69, 9.17) is 5.73 Å². The molecular weight excluding hydrogens is 186 g/mol. The molecule has 0 atom stereocenters. The fraction of sp³-hybridized carbons (Fsp3) is 0.583. The van der Waals surface area contributed by atoms with E-state index in [0.717, 1.165) is 11.1 Å². The number of anilines is 2. The second-order valence-electron chi connectivity index (χ2n) is 5.07. The zero-order chi connectivity index (χ0) is 10.3. The maximum atomic E-state index is 5.54. The van der Waals surface area contributed by atoms with E-state index in [2.05, 4.69) is 10.3 Å². The van der Waals surface area contributed by atoms with Gasteiger partial charge in [-0.2, -0.15) is 0 Å². The van der Waals surface area contributed by atoms with Crippen LogP contribution < -0.4 is 11.1 Å². The summed E-state index contributed by atoms with van der Waals surface area (Å²) in [6.45, 7) is 0. The standard InChI is InChI=1S/C12H17N3/c13-11-3-2-9(8-14-11)15-10-6-12(7-10)4-1-5-12/h2-3,8,10,15H,1,4-7H2,(H2,13,14). The molecule has 2 fully saturated rings. The van der Waals surface area contributed by atoms with Crippen LogP contribution in [0.15, 0.2) is 18.3 Å². The Morgan fingerprint density at radius 1 is 1.33 bits per heavy atom. The van der Waals surface area contributed by atoms with E-state index in [1.165, 1.54) is 32.1 Å². The Labute approximate surface area is 90.1 Å². The van der Waals surface area contributed by atoms with Crippen LogP contribution in [0, 0.1) is 5.41 Å². The molecule has 0 bridgehead atoms. The minimum Gasteiger partial charge on any atom is -0.384 e. The van der Waals surface area contributed by atoms with Crippen LogP contribution in [-0.4, -0.2) is 11.0 Å². The van der Waals surface area contributed by atoms with Crippen molar-refractivity contribution in [3.8, 4) is 0 Å². The zero-order valence-corrected chi connectivity index (χ0v) is 8.87. The highest BCUT2D eigenvalue weighted by Gasteiger charge is 2.47. The van der Waals surface area contributed by atoms with Crippen LogP contribution in [0.3, 0.4) is 0 Å². The Kier molecular flexibility index (Phi) is 1.87. The van der Waals surface area contributed by atoms with Gasteiger partial charge >= 0.3 is 0 Å². The van der Waals surface area contributed by atoms with Gasteiger partial charge in [0, 0.05) is 6.04 Å². The minimum atomic E-state index is 0.588. The smallest absolute Gasteiger partial charge is 0.123 e. The summed E-state index contributed by atoms with van der Waals surface area (Å²) < 4.78 is 0. The van der Waals surface area contributed by atoms with Gasteiger partial charge in [-0.3, -0.25) is 0 Å². The van der Waals surface area contributed by atoms with Crippen molar-refractivity contribution in [2.75, 3.05) is 11.1 Å². The number of hydrogen-bond donors (Lipinski definition) is 2. The first-order chi connectivity index (χ1) is 7.26. The molecule has 0 aromatic carbocycles. The molecule has 0 saturated heterocycles. The van der Waals surface area contributed by atoms with Crippen LogP contribution in [0.5, 0.6) is 0 Å². The van der Waals surface area contributed by atoms with Crippen molar-refractivity contribution in [1.82, 2.24) is 4.98 Å². The number of nitrogens with two attached hydrogens (primary N) is 1. The molecule has 2 saturated carbocycles. The van der Waals surface area contributed by atoms with Crippen molar-refractivity contribution in [1.29, 1.82) is 0 Å². The van der Waals surface area contributed by atoms with E-state index >= 15 is 0 Å². The van der Waals surface area contributed by atoms with Gasteiger partial charge < -0.3 is 11.1 Å². The lowest BCUT2D eigenvalue weighted by atomic mass is 9.54. The molecule has 3 heteroatoms. The first kappa shape index (κ1) is 9.01. The van der Waals surface area contributed by atoms with Gasteiger partial charge in [-0.05, 0) is 43.2 Å². The third kappa shape index (κ3) is 1.56. The average Bonchev–Trinajstić information content (AvgIpc) is 2.10. The Bertz CT molecular complexity index is 346. The summed E-state index contributed by atoms with van der Waals surface area (Å²) in [7, 11) is 0. The summed E-state index contributed by atoms with van der Waals surface area (Å²) in [5, 5.41) is 3.51. The van der Waals surface area contributed by atoms with E-state index in [0.29, 0.717) is 11.9 Å². The molecule has 1 aromatic heterocycles. The summed E-state index contributed by atoms with van der Waals surface area (Å²) in [5.74, 6) is 0.588. The van der Waals surface area contributed by atoms with Crippen molar-refractivity contribution < 1.29 is 0 Å². The molecule has 1 spiro atoms. The molecule has 15 heavy (non-hydrogen) atoms. The Hall–Kier alpha value is -1.25. The summed E-state index contributed by atoms with van der Waals surface area (Å²) in [6, 6.07) is 4.52. The first-order valence-electron chi connectivity index (χ1n) is 5.74. The number of aromatic nitrogens is 1. The zero-order valence-electron chi connectivity index (χ0n) is 8.87. The van der Waals surface area contributed by atoms with Crippen LogP contribution in [0.2, 0.25) is 0 Å². The monoisotopic (exact) mass is 203 g/mol. The van der Waals surface area contributed by atoms with Crippen LogP contribution >= 0.6 is 0 Å². The molecule has 3 N–H and O–H groups in total. The first-order valence-corrected chi connectivity index (χ1v) is 5.74. The van der Waals surface area contributed by atoms with Crippen LogP contribution in [-0.2, 0) is 0 Å². The highest BCUT2D eigenvalue weighted by Crippen LogP contribution is 2.56. The maximum absolute atomic E-state index is 5.54. The SMILES string of the molecule is Nc1ccc(NC2CC3(CCC3)C2)cn1. The number of nitrogen functional groups attached to an aromatic ring is 1. The van der Waals surface area contributed by atoms with Crippen molar-refractivity contribution in [3.05, 3.63) is 18.3 Å².